The van der Waals surface area contributed by atoms with Gasteiger partial charge in [-0.1, -0.05) is 12.1 Å². The monoisotopic (exact) mass is 344 g/mol. The molecule has 2 aromatic rings. The number of benzene rings is 1. The second-order valence-corrected chi connectivity index (χ2v) is 6.58. The molecule has 1 heterocycles. The standard InChI is InChI=1S/C19H21FN2O3/c1-19(24)9-3-6-16(19)22-18(23)14-7-8-17(21-11-14)25-12-13-4-2-5-15(20)10-13/h2,4-5,7-8,10-11,16,24H,3,6,9,12H2,1H3,(H,22,23). The lowest BCUT2D eigenvalue weighted by atomic mass is 10.0. The number of halogens is 1. The minimum Gasteiger partial charge on any atom is -0.473 e. The Balaban J connectivity index is 1.57. The van der Waals surface area contributed by atoms with E-state index in [1.165, 1.54) is 18.3 Å². The highest BCUT2D eigenvalue weighted by molar-refractivity contribution is 5.94. The predicted octanol–water partition coefficient (Wildman–Crippen LogP) is 2.83. The molecular weight excluding hydrogens is 323 g/mol. The van der Waals surface area contributed by atoms with Crippen LogP contribution in [0.3, 0.4) is 0 Å². The Morgan fingerprint density at radius 1 is 1.44 bits per heavy atom. The summed E-state index contributed by atoms with van der Waals surface area (Å²) in [6.45, 7) is 1.94. The van der Waals surface area contributed by atoms with Gasteiger partial charge in [-0.05, 0) is 49.9 Å². The molecule has 1 amide bonds. The van der Waals surface area contributed by atoms with Crippen LogP contribution in [0.5, 0.6) is 5.88 Å². The fourth-order valence-electron chi connectivity index (χ4n) is 3.00. The van der Waals surface area contributed by atoms with Gasteiger partial charge in [0, 0.05) is 12.3 Å². The Morgan fingerprint density at radius 3 is 2.92 bits per heavy atom. The van der Waals surface area contributed by atoms with E-state index < -0.39 is 5.60 Å². The fraction of sp³-hybridized carbons (Fsp3) is 0.368. The van der Waals surface area contributed by atoms with Crippen LogP contribution in [-0.4, -0.2) is 27.6 Å². The van der Waals surface area contributed by atoms with Gasteiger partial charge in [-0.3, -0.25) is 4.79 Å². The molecule has 0 saturated heterocycles. The highest BCUT2D eigenvalue weighted by atomic mass is 19.1. The van der Waals surface area contributed by atoms with Crippen LogP contribution in [-0.2, 0) is 6.61 Å². The minimum atomic E-state index is -0.864. The Bertz CT molecular complexity index is 747. The number of ether oxygens (including phenoxy) is 1. The molecule has 2 N–H and O–H groups in total. The van der Waals surface area contributed by atoms with E-state index in [2.05, 4.69) is 10.3 Å². The van der Waals surface area contributed by atoms with Gasteiger partial charge in [-0.25, -0.2) is 9.37 Å². The van der Waals surface area contributed by atoms with Gasteiger partial charge in [0.1, 0.15) is 12.4 Å². The maximum Gasteiger partial charge on any atom is 0.253 e. The summed E-state index contributed by atoms with van der Waals surface area (Å²) in [4.78, 5) is 16.4. The van der Waals surface area contributed by atoms with Crippen LogP contribution in [0.1, 0.15) is 42.1 Å². The number of hydrogen-bond donors (Lipinski definition) is 2. The van der Waals surface area contributed by atoms with Crippen molar-refractivity contribution < 1.29 is 19.0 Å². The van der Waals surface area contributed by atoms with Crippen molar-refractivity contribution >= 4 is 5.91 Å². The van der Waals surface area contributed by atoms with Crippen molar-refractivity contribution in [2.24, 2.45) is 0 Å². The second-order valence-electron chi connectivity index (χ2n) is 6.58. The highest BCUT2D eigenvalue weighted by Crippen LogP contribution is 2.29. The van der Waals surface area contributed by atoms with Crippen LogP contribution in [0.15, 0.2) is 42.6 Å². The number of aliphatic hydroxyl groups is 1. The van der Waals surface area contributed by atoms with E-state index in [0.29, 0.717) is 23.4 Å². The molecule has 0 bridgehead atoms. The van der Waals surface area contributed by atoms with Crippen molar-refractivity contribution in [1.82, 2.24) is 10.3 Å². The zero-order valence-electron chi connectivity index (χ0n) is 14.0. The molecule has 1 aromatic carbocycles. The second kappa shape index (κ2) is 7.19. The topological polar surface area (TPSA) is 71.5 Å². The van der Waals surface area contributed by atoms with Gasteiger partial charge in [-0.2, -0.15) is 0 Å². The average Bonchev–Trinajstić information content (AvgIpc) is 2.92. The zero-order chi connectivity index (χ0) is 17.9. The molecule has 3 rings (SSSR count). The summed E-state index contributed by atoms with van der Waals surface area (Å²) >= 11 is 0. The third kappa shape index (κ3) is 4.33. The summed E-state index contributed by atoms with van der Waals surface area (Å²) < 4.78 is 18.6. The molecule has 6 heteroatoms. The quantitative estimate of drug-likeness (QED) is 0.875. The van der Waals surface area contributed by atoms with Crippen molar-refractivity contribution in [1.29, 1.82) is 0 Å². The van der Waals surface area contributed by atoms with E-state index >= 15 is 0 Å². The van der Waals surface area contributed by atoms with Crippen molar-refractivity contribution in [3.63, 3.8) is 0 Å². The van der Waals surface area contributed by atoms with Crippen LogP contribution < -0.4 is 10.1 Å². The SMILES string of the molecule is CC1(O)CCCC1NC(=O)c1ccc(OCc2cccc(F)c2)nc1. The van der Waals surface area contributed by atoms with Crippen molar-refractivity contribution in [3.8, 4) is 5.88 Å². The van der Waals surface area contributed by atoms with Crippen molar-refractivity contribution in [3.05, 3.63) is 59.5 Å². The molecule has 1 aliphatic carbocycles. The lowest BCUT2D eigenvalue weighted by Crippen LogP contribution is -2.47. The number of rotatable bonds is 5. The maximum absolute atomic E-state index is 13.1. The van der Waals surface area contributed by atoms with E-state index in [1.54, 1.807) is 31.2 Å². The van der Waals surface area contributed by atoms with E-state index in [4.69, 9.17) is 4.74 Å². The third-order valence-electron chi connectivity index (χ3n) is 4.51. The number of hydrogen-bond acceptors (Lipinski definition) is 4. The first-order chi connectivity index (χ1) is 11.9. The minimum absolute atomic E-state index is 0.196. The normalized spacial score (nSPS) is 22.6. The van der Waals surface area contributed by atoms with Gasteiger partial charge in [0.05, 0.1) is 17.2 Å². The third-order valence-corrected chi connectivity index (χ3v) is 4.51. The molecule has 1 saturated carbocycles. The first-order valence-corrected chi connectivity index (χ1v) is 8.30. The molecule has 0 spiro atoms. The van der Waals surface area contributed by atoms with E-state index in [1.807, 2.05) is 0 Å². The molecule has 0 aliphatic heterocycles. The number of aromatic nitrogens is 1. The number of pyridine rings is 1. The highest BCUT2D eigenvalue weighted by Gasteiger charge is 2.37. The lowest BCUT2D eigenvalue weighted by Gasteiger charge is -2.26. The summed E-state index contributed by atoms with van der Waals surface area (Å²) in [5.41, 5.74) is 0.241. The van der Waals surface area contributed by atoms with Gasteiger partial charge < -0.3 is 15.2 Å². The Kier molecular flexibility index (Phi) is 4.99. The molecular formula is C19H21FN2O3. The molecule has 0 radical (unpaired) electrons. The van der Waals surface area contributed by atoms with Gasteiger partial charge >= 0.3 is 0 Å². The fourth-order valence-corrected chi connectivity index (χ4v) is 3.00. The Labute approximate surface area is 145 Å². The van der Waals surface area contributed by atoms with Crippen LogP contribution in [0, 0.1) is 5.82 Å². The number of amides is 1. The summed E-state index contributed by atoms with van der Waals surface area (Å²) in [5, 5.41) is 13.1. The van der Waals surface area contributed by atoms with E-state index in [9.17, 15) is 14.3 Å². The lowest BCUT2D eigenvalue weighted by molar-refractivity contribution is 0.0368. The molecule has 25 heavy (non-hydrogen) atoms. The first-order valence-electron chi connectivity index (χ1n) is 8.30. The summed E-state index contributed by atoms with van der Waals surface area (Å²) in [5.74, 6) is -0.228. The molecule has 132 valence electrons. The molecule has 2 atom stereocenters. The number of nitrogens with zero attached hydrogens (tertiary/aromatic N) is 1. The molecule has 1 fully saturated rings. The molecule has 5 nitrogen and oxygen atoms in total. The zero-order valence-corrected chi connectivity index (χ0v) is 14.0. The molecule has 1 aliphatic rings. The predicted molar refractivity (Wildman–Crippen MR) is 90.7 cm³/mol. The largest absolute Gasteiger partial charge is 0.473 e. The number of carbonyl (C=O) groups excluding carboxylic acids is 1. The van der Waals surface area contributed by atoms with Gasteiger partial charge in [-0.15, -0.1) is 0 Å². The average molecular weight is 344 g/mol. The van der Waals surface area contributed by atoms with Crippen LogP contribution >= 0.6 is 0 Å². The van der Waals surface area contributed by atoms with Crippen LogP contribution in [0.2, 0.25) is 0 Å². The molecule has 2 unspecified atom stereocenters. The van der Waals surface area contributed by atoms with Gasteiger partial charge in [0.2, 0.25) is 5.88 Å². The Hall–Kier alpha value is -2.47. The number of carbonyl (C=O) groups is 1. The Morgan fingerprint density at radius 2 is 2.28 bits per heavy atom. The van der Waals surface area contributed by atoms with Gasteiger partial charge in [0.25, 0.3) is 5.91 Å². The maximum atomic E-state index is 13.1. The van der Waals surface area contributed by atoms with Crippen LogP contribution in [0.25, 0.3) is 0 Å². The summed E-state index contributed by atoms with van der Waals surface area (Å²) in [6.07, 6.45) is 3.77. The molecule has 1 aromatic heterocycles. The van der Waals surface area contributed by atoms with E-state index in [-0.39, 0.29) is 24.4 Å². The summed E-state index contributed by atoms with van der Waals surface area (Å²) in [7, 11) is 0. The van der Waals surface area contributed by atoms with Crippen LogP contribution in [0.4, 0.5) is 4.39 Å². The smallest absolute Gasteiger partial charge is 0.253 e. The van der Waals surface area contributed by atoms with Gasteiger partial charge in [0.15, 0.2) is 0 Å². The van der Waals surface area contributed by atoms with E-state index in [0.717, 1.165) is 12.8 Å². The first kappa shape index (κ1) is 17.4. The summed E-state index contributed by atoms with van der Waals surface area (Å²) in [6, 6.07) is 9.12. The number of nitrogens with one attached hydrogen (secondary N) is 1. The van der Waals surface area contributed by atoms with Crippen molar-refractivity contribution in [2.75, 3.05) is 0 Å². The van der Waals surface area contributed by atoms with Crippen molar-refractivity contribution in [2.45, 2.75) is 44.4 Å².